The number of halogens is 3. The normalized spacial score (nSPS) is 22.1. The molecule has 0 bridgehead atoms. The zero-order chi connectivity index (χ0) is 31.6. The molecule has 0 saturated heterocycles. The summed E-state index contributed by atoms with van der Waals surface area (Å²) in [6, 6.07) is 16.3. The molecule has 5 rings (SSSR count). The van der Waals surface area contributed by atoms with Gasteiger partial charge < -0.3 is 0 Å². The van der Waals surface area contributed by atoms with E-state index in [0.717, 1.165) is 61.0 Å². The highest BCUT2D eigenvalue weighted by molar-refractivity contribution is 5.71. The fourth-order valence-electron chi connectivity index (χ4n) is 8.41. The molecule has 45 heavy (non-hydrogen) atoms. The number of hydrogen-bond acceptors (Lipinski definition) is 0. The second-order valence-corrected chi connectivity index (χ2v) is 14.3. The summed E-state index contributed by atoms with van der Waals surface area (Å²) in [6.45, 7) is 4.51. The van der Waals surface area contributed by atoms with Crippen molar-refractivity contribution in [3.63, 3.8) is 0 Å². The molecule has 3 aromatic rings. The van der Waals surface area contributed by atoms with Crippen molar-refractivity contribution in [1.29, 1.82) is 0 Å². The van der Waals surface area contributed by atoms with Gasteiger partial charge in [-0.05, 0) is 103 Å². The lowest BCUT2D eigenvalue weighted by Crippen LogP contribution is -2.25. The van der Waals surface area contributed by atoms with Gasteiger partial charge in [0.25, 0.3) is 0 Å². The molecule has 0 atom stereocenters. The quantitative estimate of drug-likeness (QED) is 0.158. The van der Waals surface area contributed by atoms with Gasteiger partial charge in [-0.25, -0.2) is 13.2 Å². The summed E-state index contributed by atoms with van der Waals surface area (Å²) < 4.78 is 45.5. The highest BCUT2D eigenvalue weighted by Gasteiger charge is 2.31. The molecule has 3 heteroatoms. The number of unbranched alkanes of at least 4 members (excludes halogenated alkanes) is 6. The number of rotatable bonds is 14. The third kappa shape index (κ3) is 8.83. The van der Waals surface area contributed by atoms with Crippen LogP contribution in [0.3, 0.4) is 0 Å². The molecule has 0 aliphatic heterocycles. The maximum absolute atomic E-state index is 15.4. The first-order valence-electron chi connectivity index (χ1n) is 18.4. The van der Waals surface area contributed by atoms with Crippen LogP contribution >= 0.6 is 0 Å². The van der Waals surface area contributed by atoms with Gasteiger partial charge in [0.1, 0.15) is 5.82 Å². The van der Waals surface area contributed by atoms with Crippen LogP contribution in [-0.2, 0) is 6.42 Å². The van der Waals surface area contributed by atoms with Crippen LogP contribution < -0.4 is 0 Å². The van der Waals surface area contributed by atoms with E-state index in [1.165, 1.54) is 77.0 Å². The molecule has 0 heterocycles. The van der Waals surface area contributed by atoms with Gasteiger partial charge in [0.15, 0.2) is 11.6 Å². The lowest BCUT2D eigenvalue weighted by atomic mass is 9.68. The minimum absolute atomic E-state index is 0.205. The van der Waals surface area contributed by atoms with Crippen LogP contribution in [0.4, 0.5) is 13.2 Å². The molecule has 0 amide bonds. The van der Waals surface area contributed by atoms with E-state index in [0.29, 0.717) is 29.0 Å². The molecule has 2 saturated carbocycles. The van der Waals surface area contributed by atoms with Crippen LogP contribution in [0.15, 0.2) is 54.6 Å². The summed E-state index contributed by atoms with van der Waals surface area (Å²) in [7, 11) is 0. The first-order chi connectivity index (χ1) is 22.0. The molecular formula is C42H55F3. The first kappa shape index (κ1) is 33.8. The fraction of sp³-hybridized carbons (Fsp3) is 0.571. The van der Waals surface area contributed by atoms with Crippen LogP contribution in [0, 0.1) is 35.2 Å². The number of hydrogen-bond donors (Lipinski definition) is 0. The Morgan fingerprint density at radius 1 is 0.556 bits per heavy atom. The Labute approximate surface area is 271 Å². The van der Waals surface area contributed by atoms with Crippen molar-refractivity contribution in [3.8, 4) is 22.3 Å². The van der Waals surface area contributed by atoms with Gasteiger partial charge >= 0.3 is 0 Å². The summed E-state index contributed by atoms with van der Waals surface area (Å²) in [4.78, 5) is 0. The molecule has 2 aliphatic carbocycles. The standard InChI is InChI=1S/C42H55F3/c1-3-5-6-7-8-9-10-12-36-25-28-39(42(45)41(36)44)35-23-21-34(22-24-35)38-27-26-37(29-40(38)43)33-19-17-32(18-20-33)31-15-13-30(11-4-2)14-16-31/h21-33H,3-20H2,1-2H3. The molecule has 0 nitrogen and oxygen atoms in total. The van der Waals surface area contributed by atoms with E-state index in [1.54, 1.807) is 30.3 Å². The average Bonchev–Trinajstić information content (AvgIpc) is 3.07. The minimum Gasteiger partial charge on any atom is -0.206 e. The second-order valence-electron chi connectivity index (χ2n) is 14.3. The molecule has 3 aromatic carbocycles. The molecule has 0 radical (unpaired) electrons. The Kier molecular flexibility index (Phi) is 12.7. The van der Waals surface area contributed by atoms with Gasteiger partial charge in [0.2, 0.25) is 0 Å². The van der Waals surface area contributed by atoms with E-state index < -0.39 is 11.6 Å². The molecule has 244 valence electrons. The van der Waals surface area contributed by atoms with Crippen LogP contribution in [-0.4, -0.2) is 0 Å². The zero-order valence-electron chi connectivity index (χ0n) is 27.9. The highest BCUT2D eigenvalue weighted by atomic mass is 19.2. The maximum atomic E-state index is 15.4. The van der Waals surface area contributed by atoms with Gasteiger partial charge in [0.05, 0.1) is 0 Å². The average molecular weight is 617 g/mol. The van der Waals surface area contributed by atoms with E-state index in [9.17, 15) is 4.39 Å². The largest absolute Gasteiger partial charge is 0.206 e. The monoisotopic (exact) mass is 616 g/mol. The van der Waals surface area contributed by atoms with Crippen LogP contribution in [0.2, 0.25) is 0 Å². The summed E-state index contributed by atoms with van der Waals surface area (Å²) in [5.41, 5.74) is 3.73. The predicted octanol–water partition coefficient (Wildman–Crippen LogP) is 13.6. The van der Waals surface area contributed by atoms with Crippen LogP contribution in [0.25, 0.3) is 22.3 Å². The van der Waals surface area contributed by atoms with Gasteiger partial charge in [-0.1, -0.05) is 127 Å². The Hall–Kier alpha value is -2.55. The lowest BCUT2D eigenvalue weighted by molar-refractivity contribution is 0.156. The van der Waals surface area contributed by atoms with Crippen molar-refractivity contribution in [2.45, 2.75) is 135 Å². The Morgan fingerprint density at radius 3 is 1.76 bits per heavy atom. The smallest absolute Gasteiger partial charge is 0.166 e. The Bertz CT molecular complexity index is 1330. The predicted molar refractivity (Wildman–Crippen MR) is 184 cm³/mol. The van der Waals surface area contributed by atoms with Gasteiger partial charge in [-0.2, -0.15) is 0 Å². The van der Waals surface area contributed by atoms with Crippen LogP contribution in [0.5, 0.6) is 0 Å². The fourth-order valence-corrected chi connectivity index (χ4v) is 8.41. The van der Waals surface area contributed by atoms with Crippen molar-refractivity contribution >= 4 is 0 Å². The topological polar surface area (TPSA) is 0 Å². The summed E-state index contributed by atoms with van der Waals surface area (Å²) in [5.74, 6) is 1.42. The van der Waals surface area contributed by atoms with Crippen molar-refractivity contribution in [2.24, 2.45) is 17.8 Å². The molecule has 0 spiro atoms. The number of aryl methyl sites for hydroxylation is 1. The van der Waals surface area contributed by atoms with Crippen molar-refractivity contribution in [2.75, 3.05) is 0 Å². The number of benzene rings is 3. The van der Waals surface area contributed by atoms with E-state index >= 15 is 8.78 Å². The van der Waals surface area contributed by atoms with E-state index in [-0.39, 0.29) is 11.4 Å². The Morgan fingerprint density at radius 2 is 1.13 bits per heavy atom. The SMILES string of the molecule is CCCCCCCCCc1ccc(-c2ccc(-c3ccc(C4CCC(C5CCC(CCC)CC5)CC4)cc3F)cc2)c(F)c1F. The first-order valence-corrected chi connectivity index (χ1v) is 18.4. The molecular weight excluding hydrogens is 561 g/mol. The van der Waals surface area contributed by atoms with E-state index in [1.807, 2.05) is 18.2 Å². The second kappa shape index (κ2) is 16.8. The van der Waals surface area contributed by atoms with Crippen molar-refractivity contribution < 1.29 is 13.2 Å². The summed E-state index contributed by atoms with van der Waals surface area (Å²) in [5, 5.41) is 0. The molecule has 0 aromatic heterocycles. The zero-order valence-corrected chi connectivity index (χ0v) is 27.9. The highest BCUT2D eigenvalue weighted by Crippen LogP contribution is 2.45. The van der Waals surface area contributed by atoms with E-state index in [4.69, 9.17) is 0 Å². The molecule has 2 fully saturated rings. The van der Waals surface area contributed by atoms with Gasteiger partial charge in [-0.15, -0.1) is 0 Å². The summed E-state index contributed by atoms with van der Waals surface area (Å²) >= 11 is 0. The summed E-state index contributed by atoms with van der Waals surface area (Å²) in [6.07, 6.45) is 21.9. The lowest BCUT2D eigenvalue weighted by Gasteiger charge is -2.38. The van der Waals surface area contributed by atoms with Gasteiger partial charge in [-0.3, -0.25) is 0 Å². The maximum Gasteiger partial charge on any atom is 0.166 e. The van der Waals surface area contributed by atoms with Crippen LogP contribution in [0.1, 0.15) is 140 Å². The third-order valence-corrected chi connectivity index (χ3v) is 11.2. The Balaban J connectivity index is 1.15. The van der Waals surface area contributed by atoms with Gasteiger partial charge in [0, 0.05) is 11.1 Å². The van der Waals surface area contributed by atoms with Crippen molar-refractivity contribution in [1.82, 2.24) is 0 Å². The third-order valence-electron chi connectivity index (χ3n) is 11.2. The van der Waals surface area contributed by atoms with E-state index in [2.05, 4.69) is 19.9 Å². The minimum atomic E-state index is -0.794. The molecule has 0 unspecified atom stereocenters. The van der Waals surface area contributed by atoms with Crippen molar-refractivity contribution in [3.05, 3.63) is 83.2 Å². The molecule has 2 aliphatic rings. The molecule has 0 N–H and O–H groups in total.